The molecule has 0 bridgehead atoms. The Morgan fingerprint density at radius 3 is 2.57 bits per heavy atom. The number of halogens is 1. The molecular formula is C20H22ClN3O3S. The second-order valence-electron chi connectivity index (χ2n) is 6.25. The Bertz CT molecular complexity index is 1040. The molecule has 3 aromatic rings. The van der Waals surface area contributed by atoms with Gasteiger partial charge in [0.05, 0.1) is 10.9 Å². The molecule has 2 aromatic carbocycles. The maximum atomic E-state index is 12.6. The third-order valence-electron chi connectivity index (χ3n) is 4.20. The normalized spacial score (nSPS) is 12.2. The van der Waals surface area contributed by atoms with Gasteiger partial charge in [-0.15, -0.1) is 12.4 Å². The highest BCUT2D eigenvalue weighted by atomic mass is 35.5. The SMILES string of the molecule is CC(NS(=O)(=O)c1ccc2cnccc2c1)C(=O)NCCc1ccccc1.Cl. The van der Waals surface area contributed by atoms with E-state index < -0.39 is 16.1 Å². The molecule has 148 valence electrons. The van der Waals surface area contributed by atoms with Gasteiger partial charge in [-0.25, -0.2) is 8.42 Å². The van der Waals surface area contributed by atoms with Crippen molar-refractivity contribution >= 4 is 39.1 Å². The summed E-state index contributed by atoms with van der Waals surface area (Å²) >= 11 is 0. The van der Waals surface area contributed by atoms with Crippen LogP contribution in [0.5, 0.6) is 0 Å². The standard InChI is InChI=1S/C20H21N3O3S.ClH/c1-15(20(24)22-12-9-16-5-3-2-4-6-16)23-27(25,26)19-8-7-18-14-21-11-10-17(18)13-19;/h2-8,10-11,13-15,23H,9,12H2,1H3,(H,22,24);1H. The molecule has 1 amide bonds. The minimum atomic E-state index is -3.80. The van der Waals surface area contributed by atoms with Crippen molar-refractivity contribution in [2.24, 2.45) is 0 Å². The van der Waals surface area contributed by atoms with Crippen molar-refractivity contribution in [2.45, 2.75) is 24.3 Å². The van der Waals surface area contributed by atoms with E-state index in [9.17, 15) is 13.2 Å². The van der Waals surface area contributed by atoms with Crippen LogP contribution in [0, 0.1) is 0 Å². The lowest BCUT2D eigenvalue weighted by Crippen LogP contribution is -2.45. The molecule has 1 aromatic heterocycles. The van der Waals surface area contributed by atoms with Crippen LogP contribution in [-0.4, -0.2) is 31.9 Å². The van der Waals surface area contributed by atoms with E-state index in [2.05, 4.69) is 15.0 Å². The Labute approximate surface area is 170 Å². The summed E-state index contributed by atoms with van der Waals surface area (Å²) in [6.45, 7) is 1.97. The van der Waals surface area contributed by atoms with E-state index in [1.54, 1.807) is 30.6 Å². The number of carbonyl (C=O) groups is 1. The van der Waals surface area contributed by atoms with Gasteiger partial charge in [0, 0.05) is 24.3 Å². The second kappa shape index (κ2) is 9.64. The number of fused-ring (bicyclic) bond motifs is 1. The highest BCUT2D eigenvalue weighted by Crippen LogP contribution is 2.18. The highest BCUT2D eigenvalue weighted by Gasteiger charge is 2.22. The topological polar surface area (TPSA) is 88.2 Å². The smallest absolute Gasteiger partial charge is 0.241 e. The molecule has 3 rings (SSSR count). The molecule has 8 heteroatoms. The Morgan fingerprint density at radius 1 is 1.07 bits per heavy atom. The maximum Gasteiger partial charge on any atom is 0.241 e. The van der Waals surface area contributed by atoms with E-state index in [0.29, 0.717) is 13.0 Å². The summed E-state index contributed by atoms with van der Waals surface area (Å²) in [5, 5.41) is 4.38. The largest absolute Gasteiger partial charge is 0.354 e. The van der Waals surface area contributed by atoms with E-state index in [1.807, 2.05) is 30.3 Å². The van der Waals surface area contributed by atoms with E-state index in [0.717, 1.165) is 16.3 Å². The second-order valence-corrected chi connectivity index (χ2v) is 7.97. The molecule has 6 nitrogen and oxygen atoms in total. The Balaban J connectivity index is 0.00000280. The van der Waals surface area contributed by atoms with Gasteiger partial charge in [-0.05, 0) is 42.5 Å². The minimum Gasteiger partial charge on any atom is -0.354 e. The van der Waals surface area contributed by atoms with E-state index >= 15 is 0 Å². The summed E-state index contributed by atoms with van der Waals surface area (Å²) in [6, 6.07) is 15.4. The van der Waals surface area contributed by atoms with Crippen molar-refractivity contribution in [3.63, 3.8) is 0 Å². The molecule has 0 aliphatic carbocycles. The van der Waals surface area contributed by atoms with Crippen molar-refractivity contribution in [3.05, 3.63) is 72.6 Å². The number of sulfonamides is 1. The minimum absolute atomic E-state index is 0. The molecule has 0 radical (unpaired) electrons. The van der Waals surface area contributed by atoms with Crippen molar-refractivity contribution in [2.75, 3.05) is 6.54 Å². The first-order valence-electron chi connectivity index (χ1n) is 8.63. The number of pyridine rings is 1. The number of rotatable bonds is 7. The van der Waals surface area contributed by atoms with E-state index in [1.165, 1.54) is 13.0 Å². The predicted molar refractivity (Wildman–Crippen MR) is 112 cm³/mol. The molecule has 0 fully saturated rings. The van der Waals surface area contributed by atoms with Crippen molar-refractivity contribution < 1.29 is 13.2 Å². The van der Waals surface area contributed by atoms with Crippen molar-refractivity contribution in [1.82, 2.24) is 15.0 Å². The zero-order valence-corrected chi connectivity index (χ0v) is 17.0. The van der Waals surface area contributed by atoms with Gasteiger partial charge in [0.25, 0.3) is 0 Å². The molecule has 0 aliphatic heterocycles. The van der Waals surface area contributed by atoms with Crippen molar-refractivity contribution in [3.8, 4) is 0 Å². The number of aromatic nitrogens is 1. The molecule has 28 heavy (non-hydrogen) atoms. The molecule has 0 saturated carbocycles. The van der Waals surface area contributed by atoms with Crippen molar-refractivity contribution in [1.29, 1.82) is 0 Å². The summed E-state index contributed by atoms with van der Waals surface area (Å²) in [7, 11) is -3.80. The maximum absolute atomic E-state index is 12.6. The molecular weight excluding hydrogens is 398 g/mol. The third-order valence-corrected chi connectivity index (χ3v) is 5.74. The molecule has 1 heterocycles. The Hall–Kier alpha value is -2.48. The Morgan fingerprint density at radius 2 is 1.82 bits per heavy atom. The summed E-state index contributed by atoms with van der Waals surface area (Å²) in [6.07, 6.45) is 3.96. The molecule has 2 N–H and O–H groups in total. The fraction of sp³-hybridized carbons (Fsp3) is 0.200. The van der Waals surface area contributed by atoms with Crippen LogP contribution in [0.3, 0.4) is 0 Å². The zero-order valence-electron chi connectivity index (χ0n) is 15.3. The zero-order chi connectivity index (χ0) is 19.3. The number of nitrogens with one attached hydrogen (secondary N) is 2. The lowest BCUT2D eigenvalue weighted by atomic mass is 10.1. The number of carbonyl (C=O) groups excluding carboxylic acids is 1. The quantitative estimate of drug-likeness (QED) is 0.616. The average molecular weight is 420 g/mol. The van der Waals surface area contributed by atoms with Gasteiger partial charge in [0.2, 0.25) is 15.9 Å². The van der Waals surface area contributed by atoms with Gasteiger partial charge < -0.3 is 5.32 Å². The summed E-state index contributed by atoms with van der Waals surface area (Å²) in [5.41, 5.74) is 1.11. The molecule has 0 saturated heterocycles. The fourth-order valence-electron chi connectivity index (χ4n) is 2.71. The predicted octanol–water partition coefficient (Wildman–Crippen LogP) is 2.68. The van der Waals surface area contributed by atoms with Crippen LogP contribution in [0.25, 0.3) is 10.8 Å². The number of benzene rings is 2. The van der Waals surface area contributed by atoms with Crippen LogP contribution in [0.1, 0.15) is 12.5 Å². The van der Waals surface area contributed by atoms with Gasteiger partial charge >= 0.3 is 0 Å². The highest BCUT2D eigenvalue weighted by molar-refractivity contribution is 7.89. The third kappa shape index (κ3) is 5.51. The summed E-state index contributed by atoms with van der Waals surface area (Å²) in [5.74, 6) is -0.362. The van der Waals surface area contributed by atoms with E-state index in [-0.39, 0.29) is 23.2 Å². The van der Waals surface area contributed by atoms with Crippen LogP contribution in [0.15, 0.2) is 71.9 Å². The Kier molecular flexibility index (Phi) is 7.51. The van der Waals surface area contributed by atoms with Gasteiger partial charge in [-0.3, -0.25) is 9.78 Å². The first kappa shape index (κ1) is 21.8. The average Bonchev–Trinajstić information content (AvgIpc) is 2.68. The van der Waals surface area contributed by atoms with Gasteiger partial charge in [-0.1, -0.05) is 36.4 Å². The first-order chi connectivity index (χ1) is 13.0. The van der Waals surface area contributed by atoms with Crippen LogP contribution < -0.4 is 10.0 Å². The van der Waals surface area contributed by atoms with Crippen LogP contribution in [0.2, 0.25) is 0 Å². The first-order valence-corrected chi connectivity index (χ1v) is 10.1. The fourth-order valence-corrected chi connectivity index (χ4v) is 3.95. The van der Waals surface area contributed by atoms with Gasteiger partial charge in [-0.2, -0.15) is 4.72 Å². The van der Waals surface area contributed by atoms with Crippen LogP contribution in [-0.2, 0) is 21.2 Å². The number of hydrogen-bond acceptors (Lipinski definition) is 4. The molecule has 0 spiro atoms. The summed E-state index contributed by atoms with van der Waals surface area (Å²) < 4.78 is 27.6. The molecule has 1 atom stereocenters. The van der Waals surface area contributed by atoms with Crippen LogP contribution in [0.4, 0.5) is 0 Å². The number of hydrogen-bond donors (Lipinski definition) is 2. The van der Waals surface area contributed by atoms with E-state index in [4.69, 9.17) is 0 Å². The lowest BCUT2D eigenvalue weighted by Gasteiger charge is -2.15. The number of amides is 1. The molecule has 0 aliphatic rings. The van der Waals surface area contributed by atoms with Gasteiger partial charge in [0.15, 0.2) is 0 Å². The molecule has 1 unspecified atom stereocenters. The monoisotopic (exact) mass is 419 g/mol. The van der Waals surface area contributed by atoms with Crippen LogP contribution >= 0.6 is 12.4 Å². The number of nitrogens with zero attached hydrogens (tertiary/aromatic N) is 1. The summed E-state index contributed by atoms with van der Waals surface area (Å²) in [4.78, 5) is 16.3. The lowest BCUT2D eigenvalue weighted by molar-refractivity contribution is -0.122. The van der Waals surface area contributed by atoms with Gasteiger partial charge in [0.1, 0.15) is 0 Å².